The average molecular weight is 240 g/mol. The van der Waals surface area contributed by atoms with Crippen molar-refractivity contribution < 1.29 is 10.0 Å². The molecule has 2 unspecified atom stereocenters. The highest BCUT2D eigenvalue weighted by Gasteiger charge is 2.33. The number of amides is 2. The van der Waals surface area contributed by atoms with E-state index < -0.39 is 0 Å². The molecule has 2 aliphatic rings. The lowest BCUT2D eigenvalue weighted by molar-refractivity contribution is 0.203. The van der Waals surface area contributed by atoms with Gasteiger partial charge in [-0.1, -0.05) is 11.6 Å². The molecule has 1 saturated heterocycles. The van der Waals surface area contributed by atoms with Gasteiger partial charge < -0.3 is 21.2 Å². The lowest BCUT2D eigenvalue weighted by Crippen LogP contribution is -2.47. The molecule has 0 aromatic carbocycles. The molecule has 1 heterocycles. The second-order valence-corrected chi connectivity index (χ2v) is 4.81. The van der Waals surface area contributed by atoms with Crippen LogP contribution in [0.3, 0.4) is 0 Å². The molecule has 1 saturated carbocycles. The highest BCUT2D eigenvalue weighted by molar-refractivity contribution is 5.84. The molecule has 1 aliphatic carbocycles. The minimum atomic E-state index is -0.0217. The number of carbonyl (C=O) groups excluding carboxylic acids is 1. The Morgan fingerprint density at radius 1 is 1.29 bits per heavy atom. The summed E-state index contributed by atoms with van der Waals surface area (Å²) in [6.07, 6.45) is 4.96. The van der Waals surface area contributed by atoms with Crippen molar-refractivity contribution in [3.05, 3.63) is 0 Å². The number of nitrogens with two attached hydrogens (primary N) is 1. The SMILES string of the molecule is NC(=NO)C1CCCC1NC(=O)N1CCCC1. The summed E-state index contributed by atoms with van der Waals surface area (Å²) in [6, 6.07) is 0.00383. The first-order valence-electron chi connectivity index (χ1n) is 6.25. The highest BCUT2D eigenvalue weighted by Crippen LogP contribution is 2.26. The van der Waals surface area contributed by atoms with Crippen LogP contribution in [0, 0.1) is 5.92 Å². The molecule has 1 aliphatic heterocycles. The van der Waals surface area contributed by atoms with Gasteiger partial charge in [0.2, 0.25) is 0 Å². The molecule has 4 N–H and O–H groups in total. The van der Waals surface area contributed by atoms with Crippen LogP contribution in [0.4, 0.5) is 4.79 Å². The molecule has 0 aromatic rings. The summed E-state index contributed by atoms with van der Waals surface area (Å²) < 4.78 is 0. The normalized spacial score (nSPS) is 29.6. The third-order valence-corrected chi connectivity index (χ3v) is 3.71. The maximum Gasteiger partial charge on any atom is 0.317 e. The van der Waals surface area contributed by atoms with Crippen LogP contribution < -0.4 is 11.1 Å². The van der Waals surface area contributed by atoms with Gasteiger partial charge in [-0.15, -0.1) is 0 Å². The summed E-state index contributed by atoms with van der Waals surface area (Å²) in [7, 11) is 0. The number of nitrogens with one attached hydrogen (secondary N) is 1. The number of rotatable bonds is 2. The molecule has 0 radical (unpaired) electrons. The lowest BCUT2D eigenvalue weighted by atomic mass is 10.0. The van der Waals surface area contributed by atoms with Crippen LogP contribution in [0.15, 0.2) is 5.16 Å². The molecule has 2 rings (SSSR count). The average Bonchev–Trinajstić information content (AvgIpc) is 2.98. The fourth-order valence-corrected chi connectivity index (χ4v) is 2.73. The summed E-state index contributed by atoms with van der Waals surface area (Å²) in [4.78, 5) is 13.8. The van der Waals surface area contributed by atoms with Gasteiger partial charge in [0.15, 0.2) is 0 Å². The van der Waals surface area contributed by atoms with Gasteiger partial charge in [0.05, 0.1) is 0 Å². The Kier molecular flexibility index (Phi) is 3.71. The summed E-state index contributed by atoms with van der Waals surface area (Å²) in [5.41, 5.74) is 5.63. The van der Waals surface area contributed by atoms with Crippen molar-refractivity contribution in [3.63, 3.8) is 0 Å². The predicted octanol–water partition coefficient (Wildman–Crippen LogP) is 0.707. The van der Waals surface area contributed by atoms with Gasteiger partial charge in [-0.25, -0.2) is 4.79 Å². The molecule has 2 amide bonds. The second-order valence-electron chi connectivity index (χ2n) is 4.81. The number of nitrogens with zero attached hydrogens (tertiary/aromatic N) is 2. The van der Waals surface area contributed by atoms with Crippen LogP contribution in [0.1, 0.15) is 32.1 Å². The number of hydrogen-bond donors (Lipinski definition) is 3. The van der Waals surface area contributed by atoms with Crippen molar-refractivity contribution in [3.8, 4) is 0 Å². The lowest BCUT2D eigenvalue weighted by Gasteiger charge is -2.23. The quantitative estimate of drug-likeness (QED) is 0.287. The summed E-state index contributed by atoms with van der Waals surface area (Å²) >= 11 is 0. The van der Waals surface area contributed by atoms with Gasteiger partial charge in [-0.05, 0) is 25.7 Å². The van der Waals surface area contributed by atoms with E-state index in [9.17, 15) is 4.79 Å². The van der Waals surface area contributed by atoms with Crippen molar-refractivity contribution >= 4 is 11.9 Å². The third-order valence-electron chi connectivity index (χ3n) is 3.71. The zero-order valence-electron chi connectivity index (χ0n) is 9.93. The van der Waals surface area contributed by atoms with E-state index in [4.69, 9.17) is 10.9 Å². The molecular formula is C11H20N4O2. The van der Waals surface area contributed by atoms with Crippen molar-refractivity contribution in [2.45, 2.75) is 38.1 Å². The van der Waals surface area contributed by atoms with E-state index in [1.807, 2.05) is 4.90 Å². The van der Waals surface area contributed by atoms with Crippen LogP contribution in [0.2, 0.25) is 0 Å². The number of carbonyl (C=O) groups is 1. The number of likely N-dealkylation sites (tertiary alicyclic amines) is 1. The molecule has 2 atom stereocenters. The Labute approximate surface area is 101 Å². The molecule has 96 valence electrons. The van der Waals surface area contributed by atoms with E-state index in [0.717, 1.165) is 45.2 Å². The Balaban J connectivity index is 1.91. The van der Waals surface area contributed by atoms with E-state index in [-0.39, 0.29) is 23.8 Å². The third kappa shape index (κ3) is 2.62. The van der Waals surface area contributed by atoms with E-state index in [0.29, 0.717) is 0 Å². The first-order valence-corrected chi connectivity index (χ1v) is 6.25. The first kappa shape index (κ1) is 12.0. The van der Waals surface area contributed by atoms with Crippen LogP contribution in [0.25, 0.3) is 0 Å². The van der Waals surface area contributed by atoms with Gasteiger partial charge in [-0.3, -0.25) is 0 Å². The molecule has 6 heteroatoms. The minimum absolute atomic E-state index is 0.00913. The van der Waals surface area contributed by atoms with Crippen LogP contribution in [-0.2, 0) is 0 Å². The Morgan fingerprint density at radius 2 is 2.00 bits per heavy atom. The van der Waals surface area contributed by atoms with Crippen LogP contribution in [-0.4, -0.2) is 41.1 Å². The zero-order valence-corrected chi connectivity index (χ0v) is 9.93. The van der Waals surface area contributed by atoms with E-state index >= 15 is 0 Å². The maximum atomic E-state index is 11.9. The highest BCUT2D eigenvalue weighted by atomic mass is 16.4. The maximum absolute atomic E-state index is 11.9. The zero-order chi connectivity index (χ0) is 12.3. The molecule has 17 heavy (non-hydrogen) atoms. The number of urea groups is 1. The van der Waals surface area contributed by atoms with E-state index in [2.05, 4.69) is 10.5 Å². The van der Waals surface area contributed by atoms with Gasteiger partial charge in [0, 0.05) is 25.0 Å². The topological polar surface area (TPSA) is 91.0 Å². The Morgan fingerprint density at radius 3 is 2.65 bits per heavy atom. The fraction of sp³-hybridized carbons (Fsp3) is 0.818. The fourth-order valence-electron chi connectivity index (χ4n) is 2.73. The van der Waals surface area contributed by atoms with E-state index in [1.165, 1.54) is 0 Å². The molecule has 0 bridgehead atoms. The summed E-state index contributed by atoms with van der Waals surface area (Å²) in [5, 5.41) is 14.8. The number of amidine groups is 1. The second kappa shape index (κ2) is 5.25. The number of oxime groups is 1. The molecule has 0 aromatic heterocycles. The monoisotopic (exact) mass is 240 g/mol. The van der Waals surface area contributed by atoms with Crippen LogP contribution in [0.5, 0.6) is 0 Å². The Bertz CT molecular complexity index is 313. The van der Waals surface area contributed by atoms with Crippen molar-refractivity contribution in [2.75, 3.05) is 13.1 Å². The van der Waals surface area contributed by atoms with Crippen LogP contribution >= 0.6 is 0 Å². The van der Waals surface area contributed by atoms with Gasteiger partial charge in [0.25, 0.3) is 0 Å². The van der Waals surface area contributed by atoms with Gasteiger partial charge in [0.1, 0.15) is 5.84 Å². The van der Waals surface area contributed by atoms with Gasteiger partial charge >= 0.3 is 6.03 Å². The predicted molar refractivity (Wildman–Crippen MR) is 63.9 cm³/mol. The first-order chi connectivity index (χ1) is 8.22. The largest absolute Gasteiger partial charge is 0.409 e. The standard InChI is InChI=1S/C11H20N4O2/c12-10(14-17)8-4-3-5-9(8)13-11(16)15-6-1-2-7-15/h8-9,17H,1-7H2,(H2,12,14)(H,13,16). The summed E-state index contributed by atoms with van der Waals surface area (Å²) in [5.74, 6) is 0.209. The molecular weight excluding hydrogens is 220 g/mol. The van der Waals surface area contributed by atoms with Crippen molar-refractivity contribution in [1.29, 1.82) is 0 Å². The molecule has 6 nitrogen and oxygen atoms in total. The molecule has 0 spiro atoms. The summed E-state index contributed by atoms with van der Waals surface area (Å²) in [6.45, 7) is 1.68. The minimum Gasteiger partial charge on any atom is -0.409 e. The number of hydrogen-bond acceptors (Lipinski definition) is 3. The smallest absolute Gasteiger partial charge is 0.317 e. The molecule has 2 fully saturated rings. The van der Waals surface area contributed by atoms with E-state index in [1.54, 1.807) is 0 Å². The van der Waals surface area contributed by atoms with Gasteiger partial charge in [-0.2, -0.15) is 0 Å². The Hall–Kier alpha value is -1.46. The van der Waals surface area contributed by atoms with Crippen molar-refractivity contribution in [2.24, 2.45) is 16.8 Å². The van der Waals surface area contributed by atoms with Crippen molar-refractivity contribution in [1.82, 2.24) is 10.2 Å².